The maximum Gasteiger partial charge on any atom is 0.242 e. The largest absolute Gasteiger partial charge is 0.373 e. The third kappa shape index (κ3) is 2.74. The number of benzene rings is 1. The van der Waals surface area contributed by atoms with E-state index in [1.165, 1.54) is 0 Å². The molecule has 18 heavy (non-hydrogen) atoms. The summed E-state index contributed by atoms with van der Waals surface area (Å²) in [6.07, 6.45) is 2.74. The Kier molecular flexibility index (Phi) is 4.06. The van der Waals surface area contributed by atoms with E-state index in [2.05, 4.69) is 16.7 Å². The van der Waals surface area contributed by atoms with Gasteiger partial charge in [0.2, 0.25) is 5.91 Å². The van der Waals surface area contributed by atoms with Gasteiger partial charge in [-0.15, -0.1) is 0 Å². The van der Waals surface area contributed by atoms with Crippen LogP contribution in [0, 0.1) is 11.3 Å². The predicted molar refractivity (Wildman–Crippen MR) is 70.4 cm³/mol. The van der Waals surface area contributed by atoms with Gasteiger partial charge in [-0.2, -0.15) is 5.26 Å². The molecule has 1 atom stereocenters. The fourth-order valence-electron chi connectivity index (χ4n) is 2.02. The van der Waals surface area contributed by atoms with E-state index in [0.29, 0.717) is 16.3 Å². The standard InChI is InChI=1S/C13H14ClN3O/c14-10-4-3-6-11(9(10)8-15)17-12-5-1-2-7-16-13(12)18/h3-4,6,12,17H,1-2,5,7H2,(H,16,18). The van der Waals surface area contributed by atoms with Crippen molar-refractivity contribution < 1.29 is 4.79 Å². The minimum atomic E-state index is -0.293. The first-order valence-electron chi connectivity index (χ1n) is 5.95. The van der Waals surface area contributed by atoms with Crippen LogP contribution in [-0.2, 0) is 4.79 Å². The van der Waals surface area contributed by atoms with Crippen molar-refractivity contribution in [3.8, 4) is 6.07 Å². The summed E-state index contributed by atoms with van der Waals surface area (Å²) in [5, 5.41) is 15.4. The Hall–Kier alpha value is -1.73. The highest BCUT2D eigenvalue weighted by molar-refractivity contribution is 6.32. The third-order valence-corrected chi connectivity index (χ3v) is 3.31. The SMILES string of the molecule is N#Cc1c(Cl)cccc1NC1CCCCNC1=O. The molecule has 1 aliphatic heterocycles. The van der Waals surface area contributed by atoms with Crippen LogP contribution in [0.25, 0.3) is 0 Å². The molecule has 94 valence electrons. The zero-order chi connectivity index (χ0) is 13.0. The molecule has 2 N–H and O–H groups in total. The molecule has 1 unspecified atom stereocenters. The molecule has 1 heterocycles. The second kappa shape index (κ2) is 5.74. The van der Waals surface area contributed by atoms with Crippen LogP contribution in [0.1, 0.15) is 24.8 Å². The number of hydrogen-bond acceptors (Lipinski definition) is 3. The van der Waals surface area contributed by atoms with Crippen molar-refractivity contribution in [1.82, 2.24) is 5.32 Å². The van der Waals surface area contributed by atoms with Crippen LogP contribution in [0.4, 0.5) is 5.69 Å². The lowest BCUT2D eigenvalue weighted by molar-refractivity contribution is -0.121. The average Bonchev–Trinajstić information content (AvgIpc) is 2.55. The fraction of sp³-hybridized carbons (Fsp3) is 0.385. The number of anilines is 1. The Morgan fingerprint density at radius 3 is 3.06 bits per heavy atom. The van der Waals surface area contributed by atoms with Crippen LogP contribution in [0.5, 0.6) is 0 Å². The number of nitrogens with zero attached hydrogens (tertiary/aromatic N) is 1. The second-order valence-electron chi connectivity index (χ2n) is 4.26. The molecular formula is C13H14ClN3O. The van der Waals surface area contributed by atoms with E-state index in [4.69, 9.17) is 16.9 Å². The number of halogens is 1. The van der Waals surface area contributed by atoms with Crippen molar-refractivity contribution in [2.45, 2.75) is 25.3 Å². The molecule has 0 aliphatic carbocycles. The summed E-state index contributed by atoms with van der Waals surface area (Å²) < 4.78 is 0. The summed E-state index contributed by atoms with van der Waals surface area (Å²) in [6, 6.07) is 6.96. The molecule has 2 rings (SSSR count). The number of hydrogen-bond donors (Lipinski definition) is 2. The summed E-state index contributed by atoms with van der Waals surface area (Å²) in [6.45, 7) is 0.720. The fourth-order valence-corrected chi connectivity index (χ4v) is 2.24. The highest BCUT2D eigenvalue weighted by Gasteiger charge is 2.21. The Morgan fingerprint density at radius 1 is 1.44 bits per heavy atom. The smallest absolute Gasteiger partial charge is 0.242 e. The van der Waals surface area contributed by atoms with Gasteiger partial charge < -0.3 is 10.6 Å². The van der Waals surface area contributed by atoms with Crippen molar-refractivity contribution >= 4 is 23.2 Å². The molecule has 1 aliphatic rings. The third-order valence-electron chi connectivity index (χ3n) is 2.99. The molecule has 1 amide bonds. The lowest BCUT2D eigenvalue weighted by Gasteiger charge is -2.17. The van der Waals surface area contributed by atoms with Gasteiger partial charge in [0.15, 0.2) is 0 Å². The van der Waals surface area contributed by atoms with Crippen molar-refractivity contribution in [2.75, 3.05) is 11.9 Å². The summed E-state index contributed by atoms with van der Waals surface area (Å²) in [4.78, 5) is 11.8. The number of nitriles is 1. The number of rotatable bonds is 2. The van der Waals surface area contributed by atoms with Gasteiger partial charge in [0.1, 0.15) is 12.1 Å². The predicted octanol–water partition coefficient (Wildman–Crippen LogP) is 2.29. The van der Waals surface area contributed by atoms with E-state index in [-0.39, 0.29) is 11.9 Å². The van der Waals surface area contributed by atoms with E-state index in [1.807, 2.05) is 0 Å². The van der Waals surface area contributed by atoms with Gasteiger partial charge in [0.25, 0.3) is 0 Å². The molecule has 1 aromatic carbocycles. The first-order chi connectivity index (χ1) is 8.72. The molecule has 4 nitrogen and oxygen atoms in total. The summed E-state index contributed by atoms with van der Waals surface area (Å²) >= 11 is 5.95. The Balaban J connectivity index is 2.20. The van der Waals surface area contributed by atoms with Crippen LogP contribution < -0.4 is 10.6 Å². The molecule has 0 spiro atoms. The molecule has 1 saturated heterocycles. The van der Waals surface area contributed by atoms with Crippen LogP contribution in [-0.4, -0.2) is 18.5 Å². The molecule has 0 radical (unpaired) electrons. The first-order valence-corrected chi connectivity index (χ1v) is 6.33. The Labute approximate surface area is 111 Å². The number of carbonyl (C=O) groups excluding carboxylic acids is 1. The summed E-state index contributed by atoms with van der Waals surface area (Å²) in [5.74, 6) is -0.0173. The molecule has 0 bridgehead atoms. The van der Waals surface area contributed by atoms with Gasteiger partial charge in [-0.3, -0.25) is 4.79 Å². The molecule has 5 heteroatoms. The van der Waals surface area contributed by atoms with Crippen molar-refractivity contribution in [1.29, 1.82) is 5.26 Å². The normalized spacial score (nSPS) is 19.6. The average molecular weight is 264 g/mol. The number of carbonyl (C=O) groups is 1. The second-order valence-corrected chi connectivity index (χ2v) is 4.67. The maximum atomic E-state index is 11.8. The van der Waals surface area contributed by atoms with Gasteiger partial charge in [-0.1, -0.05) is 17.7 Å². The van der Waals surface area contributed by atoms with E-state index in [1.54, 1.807) is 18.2 Å². The van der Waals surface area contributed by atoms with Gasteiger partial charge in [0, 0.05) is 6.54 Å². The zero-order valence-corrected chi connectivity index (χ0v) is 10.6. The van der Waals surface area contributed by atoms with E-state index in [0.717, 1.165) is 25.8 Å². The quantitative estimate of drug-likeness (QED) is 0.860. The van der Waals surface area contributed by atoms with Crippen LogP contribution >= 0.6 is 11.6 Å². The van der Waals surface area contributed by atoms with Gasteiger partial charge in [-0.25, -0.2) is 0 Å². The van der Waals surface area contributed by atoms with E-state index < -0.39 is 0 Å². The highest BCUT2D eigenvalue weighted by atomic mass is 35.5. The van der Waals surface area contributed by atoms with Crippen molar-refractivity contribution in [3.63, 3.8) is 0 Å². The van der Waals surface area contributed by atoms with Crippen LogP contribution in [0.2, 0.25) is 5.02 Å². The summed E-state index contributed by atoms with van der Waals surface area (Å²) in [5.41, 5.74) is 1.00. The van der Waals surface area contributed by atoms with Crippen LogP contribution in [0.3, 0.4) is 0 Å². The zero-order valence-electron chi connectivity index (χ0n) is 9.87. The van der Waals surface area contributed by atoms with Crippen molar-refractivity contribution in [2.24, 2.45) is 0 Å². The van der Waals surface area contributed by atoms with Crippen LogP contribution in [0.15, 0.2) is 18.2 Å². The maximum absolute atomic E-state index is 11.8. The highest BCUT2D eigenvalue weighted by Crippen LogP contribution is 2.24. The molecule has 1 fully saturated rings. The minimum absolute atomic E-state index is 0.0173. The first kappa shape index (κ1) is 12.7. The van der Waals surface area contributed by atoms with Gasteiger partial charge >= 0.3 is 0 Å². The van der Waals surface area contributed by atoms with E-state index in [9.17, 15) is 4.79 Å². The molecule has 0 saturated carbocycles. The topological polar surface area (TPSA) is 64.9 Å². The molecule has 1 aromatic rings. The Morgan fingerprint density at radius 2 is 2.28 bits per heavy atom. The molecular weight excluding hydrogens is 250 g/mol. The number of amides is 1. The van der Waals surface area contributed by atoms with E-state index >= 15 is 0 Å². The molecule has 0 aromatic heterocycles. The Bertz CT molecular complexity index is 495. The van der Waals surface area contributed by atoms with Gasteiger partial charge in [-0.05, 0) is 31.4 Å². The minimum Gasteiger partial charge on any atom is -0.373 e. The lowest BCUT2D eigenvalue weighted by Crippen LogP contribution is -2.38. The number of nitrogens with one attached hydrogen (secondary N) is 2. The summed E-state index contributed by atoms with van der Waals surface area (Å²) in [7, 11) is 0. The van der Waals surface area contributed by atoms with Crippen molar-refractivity contribution in [3.05, 3.63) is 28.8 Å². The lowest BCUT2D eigenvalue weighted by atomic mass is 10.1. The van der Waals surface area contributed by atoms with Gasteiger partial charge in [0.05, 0.1) is 16.3 Å². The monoisotopic (exact) mass is 263 g/mol.